The Kier molecular flexibility index (Phi) is 3.85. The van der Waals surface area contributed by atoms with Gasteiger partial charge in [-0.05, 0) is 64.6 Å². The number of furan rings is 1. The molecule has 0 unspecified atom stereocenters. The van der Waals surface area contributed by atoms with E-state index in [1.165, 1.54) is 53.0 Å². The highest BCUT2D eigenvalue weighted by Gasteiger charge is 2.20. The quantitative estimate of drug-likeness (QED) is 0.265. The van der Waals surface area contributed by atoms with E-state index in [0.29, 0.717) is 0 Å². The Hall–Kier alpha value is -3.17. The van der Waals surface area contributed by atoms with Gasteiger partial charge in [-0.2, -0.15) is 0 Å². The van der Waals surface area contributed by atoms with Gasteiger partial charge in [0.15, 0.2) is 0 Å². The molecule has 2 nitrogen and oxygen atoms in total. The van der Waals surface area contributed by atoms with Crippen LogP contribution in [0.1, 0.15) is 31.9 Å². The minimum absolute atomic E-state index is 0.0473. The standard InChI is InChI=1S/C28H23NOS/c1-16-15-30-24-14-25-22(13-21(16)24)20-9-10-29-26(27(20)31-25)18-11-17-7-5-6-8-19(17)23(12-18)28(2,3)4/h5-15H,1-4H3. The third-order valence-electron chi connectivity index (χ3n) is 6.22. The van der Waals surface area contributed by atoms with E-state index in [1.54, 1.807) is 11.3 Å². The predicted octanol–water partition coefficient (Wildman–Crippen LogP) is 8.62. The molecule has 0 aliphatic carbocycles. The Labute approximate surface area is 185 Å². The Bertz CT molecular complexity index is 1630. The van der Waals surface area contributed by atoms with Crippen molar-refractivity contribution in [1.82, 2.24) is 4.98 Å². The van der Waals surface area contributed by atoms with Gasteiger partial charge in [-0.1, -0.05) is 45.0 Å². The summed E-state index contributed by atoms with van der Waals surface area (Å²) in [5.74, 6) is 0. The molecule has 0 amide bonds. The summed E-state index contributed by atoms with van der Waals surface area (Å²) in [4.78, 5) is 4.86. The second-order valence-corrected chi connectivity index (χ2v) is 10.4. The summed E-state index contributed by atoms with van der Waals surface area (Å²) in [6, 6.07) is 19.9. The normalized spacial score (nSPS) is 12.5. The number of aryl methyl sites for hydroxylation is 1. The van der Waals surface area contributed by atoms with Crippen molar-refractivity contribution < 1.29 is 4.42 Å². The molecule has 31 heavy (non-hydrogen) atoms. The highest BCUT2D eigenvalue weighted by molar-refractivity contribution is 7.26. The molecule has 0 atom stereocenters. The monoisotopic (exact) mass is 421 g/mol. The number of pyridine rings is 1. The van der Waals surface area contributed by atoms with E-state index in [9.17, 15) is 0 Å². The molecule has 3 aromatic carbocycles. The first-order valence-corrected chi connectivity index (χ1v) is 11.4. The second kappa shape index (κ2) is 6.41. The number of aromatic nitrogens is 1. The first-order chi connectivity index (χ1) is 14.9. The highest BCUT2D eigenvalue weighted by atomic mass is 32.1. The van der Waals surface area contributed by atoms with Crippen LogP contribution in [0, 0.1) is 6.92 Å². The van der Waals surface area contributed by atoms with Gasteiger partial charge in [-0.3, -0.25) is 4.98 Å². The lowest BCUT2D eigenvalue weighted by molar-refractivity contribution is 0.596. The fourth-order valence-electron chi connectivity index (χ4n) is 4.62. The number of rotatable bonds is 1. The Morgan fingerprint density at radius 2 is 1.71 bits per heavy atom. The molecule has 152 valence electrons. The lowest BCUT2D eigenvalue weighted by Crippen LogP contribution is -2.12. The van der Waals surface area contributed by atoms with E-state index >= 15 is 0 Å². The van der Waals surface area contributed by atoms with Crippen LogP contribution in [0.3, 0.4) is 0 Å². The topological polar surface area (TPSA) is 26.0 Å². The van der Waals surface area contributed by atoms with Gasteiger partial charge in [-0.15, -0.1) is 11.3 Å². The van der Waals surface area contributed by atoms with Crippen LogP contribution in [0.4, 0.5) is 0 Å². The van der Waals surface area contributed by atoms with Crippen molar-refractivity contribution in [2.24, 2.45) is 0 Å². The zero-order valence-electron chi connectivity index (χ0n) is 18.1. The predicted molar refractivity (Wildman–Crippen MR) is 133 cm³/mol. The molecule has 3 heterocycles. The average molecular weight is 422 g/mol. The van der Waals surface area contributed by atoms with Crippen molar-refractivity contribution in [3.05, 3.63) is 78.2 Å². The number of nitrogens with zero attached hydrogens (tertiary/aromatic N) is 1. The number of fused-ring (bicyclic) bond motifs is 5. The van der Waals surface area contributed by atoms with Crippen LogP contribution in [-0.2, 0) is 5.41 Å². The van der Waals surface area contributed by atoms with Crippen LogP contribution in [0.15, 0.2) is 71.5 Å². The van der Waals surface area contributed by atoms with Gasteiger partial charge in [0, 0.05) is 32.6 Å². The molecule has 0 aliphatic heterocycles. The molecule has 0 radical (unpaired) electrons. The minimum Gasteiger partial charge on any atom is -0.464 e. The van der Waals surface area contributed by atoms with E-state index in [4.69, 9.17) is 9.40 Å². The summed E-state index contributed by atoms with van der Waals surface area (Å²) in [6.45, 7) is 8.94. The Morgan fingerprint density at radius 3 is 2.55 bits per heavy atom. The molecular formula is C28H23NOS. The maximum Gasteiger partial charge on any atom is 0.135 e. The van der Waals surface area contributed by atoms with Crippen LogP contribution in [0.2, 0.25) is 0 Å². The first kappa shape index (κ1) is 18.6. The third kappa shape index (κ3) is 2.80. The third-order valence-corrected chi connectivity index (χ3v) is 7.39. The zero-order chi connectivity index (χ0) is 21.3. The van der Waals surface area contributed by atoms with Crippen molar-refractivity contribution >= 4 is 53.3 Å². The van der Waals surface area contributed by atoms with Gasteiger partial charge >= 0.3 is 0 Å². The lowest BCUT2D eigenvalue weighted by atomic mass is 9.82. The van der Waals surface area contributed by atoms with Gasteiger partial charge in [0.25, 0.3) is 0 Å². The van der Waals surface area contributed by atoms with Crippen molar-refractivity contribution in [2.45, 2.75) is 33.1 Å². The van der Waals surface area contributed by atoms with Crippen molar-refractivity contribution in [2.75, 3.05) is 0 Å². The molecule has 6 aromatic rings. The zero-order valence-corrected chi connectivity index (χ0v) is 18.9. The molecule has 0 saturated carbocycles. The number of thiophene rings is 1. The van der Waals surface area contributed by atoms with Gasteiger partial charge in [0.2, 0.25) is 0 Å². The molecule has 0 spiro atoms. The summed E-state index contributed by atoms with van der Waals surface area (Å²) in [5, 5.41) is 6.30. The fourth-order valence-corrected chi connectivity index (χ4v) is 5.84. The van der Waals surface area contributed by atoms with Gasteiger partial charge < -0.3 is 4.42 Å². The van der Waals surface area contributed by atoms with E-state index in [-0.39, 0.29) is 5.41 Å². The van der Waals surface area contributed by atoms with Crippen LogP contribution < -0.4 is 0 Å². The lowest BCUT2D eigenvalue weighted by Gasteiger charge is -2.22. The summed E-state index contributed by atoms with van der Waals surface area (Å²) >= 11 is 1.80. The number of benzene rings is 3. The van der Waals surface area contributed by atoms with Crippen LogP contribution in [-0.4, -0.2) is 4.98 Å². The molecule has 0 aliphatic rings. The van der Waals surface area contributed by atoms with Crippen molar-refractivity contribution in [3.63, 3.8) is 0 Å². The Morgan fingerprint density at radius 1 is 0.871 bits per heavy atom. The SMILES string of the molecule is Cc1coc2cc3sc4c(-c5cc(C(C)(C)C)c6ccccc6c5)nccc4c3cc12. The molecular weight excluding hydrogens is 398 g/mol. The van der Waals surface area contributed by atoms with Gasteiger partial charge in [0.05, 0.1) is 16.7 Å². The summed E-state index contributed by atoms with van der Waals surface area (Å²) in [7, 11) is 0. The van der Waals surface area contributed by atoms with E-state index in [0.717, 1.165) is 11.3 Å². The smallest absolute Gasteiger partial charge is 0.135 e. The van der Waals surface area contributed by atoms with Crippen molar-refractivity contribution in [1.29, 1.82) is 0 Å². The number of hydrogen-bond acceptors (Lipinski definition) is 3. The molecule has 6 rings (SSSR count). The number of hydrogen-bond donors (Lipinski definition) is 0. The summed E-state index contributed by atoms with van der Waals surface area (Å²) < 4.78 is 8.23. The molecule has 3 aromatic heterocycles. The molecule has 0 saturated heterocycles. The summed E-state index contributed by atoms with van der Waals surface area (Å²) in [5.41, 5.74) is 5.77. The second-order valence-electron chi connectivity index (χ2n) is 9.40. The fraction of sp³-hybridized carbons (Fsp3) is 0.179. The summed E-state index contributed by atoms with van der Waals surface area (Å²) in [6.07, 6.45) is 3.79. The van der Waals surface area contributed by atoms with E-state index in [1.807, 2.05) is 12.5 Å². The maximum absolute atomic E-state index is 5.76. The van der Waals surface area contributed by atoms with Crippen LogP contribution in [0.25, 0.3) is 53.2 Å². The Balaban J connectivity index is 1.68. The van der Waals surface area contributed by atoms with Crippen LogP contribution in [0.5, 0.6) is 0 Å². The van der Waals surface area contributed by atoms with Gasteiger partial charge in [0.1, 0.15) is 5.58 Å². The average Bonchev–Trinajstić information content (AvgIpc) is 3.30. The maximum atomic E-state index is 5.76. The van der Waals surface area contributed by atoms with E-state index in [2.05, 4.69) is 82.3 Å². The highest BCUT2D eigenvalue weighted by Crippen LogP contribution is 2.42. The molecule has 0 N–H and O–H groups in total. The van der Waals surface area contributed by atoms with Crippen LogP contribution >= 0.6 is 11.3 Å². The molecule has 3 heteroatoms. The molecule has 0 fully saturated rings. The van der Waals surface area contributed by atoms with E-state index < -0.39 is 0 Å². The first-order valence-electron chi connectivity index (χ1n) is 10.6. The largest absolute Gasteiger partial charge is 0.464 e. The molecule has 0 bridgehead atoms. The minimum atomic E-state index is 0.0473. The van der Waals surface area contributed by atoms with Crippen molar-refractivity contribution in [3.8, 4) is 11.3 Å². The van der Waals surface area contributed by atoms with Gasteiger partial charge in [-0.25, -0.2) is 0 Å².